The van der Waals surface area contributed by atoms with Crippen LogP contribution in [0, 0.1) is 3.70 Å². The molecule has 6 heteroatoms. The smallest absolute Gasteiger partial charge is 0.268 e. The Morgan fingerprint density at radius 2 is 2.29 bits per heavy atom. The number of methoxy groups -OCH3 is 1. The number of carbonyl (C=O) groups excluding carboxylic acids is 1. The van der Waals surface area contributed by atoms with Crippen molar-refractivity contribution in [3.05, 3.63) is 21.0 Å². The molecule has 0 unspecified atom stereocenters. The number of pyridine rings is 1. The predicted molar refractivity (Wildman–Crippen MR) is 53.9 cm³/mol. The number of halogens is 3. The molecule has 0 aliphatic heterocycles. The summed E-state index contributed by atoms with van der Waals surface area (Å²) in [5.41, 5.74) is -0.305. The van der Waals surface area contributed by atoms with Crippen molar-refractivity contribution in [1.82, 2.24) is 4.98 Å². The van der Waals surface area contributed by atoms with E-state index in [1.165, 1.54) is 7.11 Å². The molecular weight excluding hydrogens is 307 g/mol. The Morgan fingerprint density at radius 3 is 2.71 bits per heavy atom. The normalized spacial score (nSPS) is 10.4. The fourth-order valence-corrected chi connectivity index (χ4v) is 1.50. The molecule has 0 amide bonds. The molecule has 3 nitrogen and oxygen atoms in total. The van der Waals surface area contributed by atoms with Gasteiger partial charge in [-0.05, 0) is 22.6 Å². The number of hydrogen-bond donors (Lipinski definition) is 0. The second kappa shape index (κ2) is 4.63. The van der Waals surface area contributed by atoms with E-state index in [1.807, 2.05) is 0 Å². The standard InChI is InChI=1S/C8H6F2INO2/c1-14-6-4(7(9)10)2-12-8(11)5(6)3-13/h2-3,7H,1H3. The molecule has 1 heterocycles. The number of rotatable bonds is 3. The van der Waals surface area contributed by atoms with Crippen LogP contribution in [0.4, 0.5) is 8.78 Å². The van der Waals surface area contributed by atoms with Crippen molar-refractivity contribution in [2.45, 2.75) is 6.43 Å². The van der Waals surface area contributed by atoms with E-state index in [2.05, 4.69) is 4.98 Å². The van der Waals surface area contributed by atoms with E-state index in [1.54, 1.807) is 22.6 Å². The molecule has 14 heavy (non-hydrogen) atoms. The van der Waals surface area contributed by atoms with Crippen molar-refractivity contribution in [3.8, 4) is 5.75 Å². The molecule has 0 fully saturated rings. The highest BCUT2D eigenvalue weighted by molar-refractivity contribution is 14.1. The van der Waals surface area contributed by atoms with Gasteiger partial charge in [-0.2, -0.15) is 0 Å². The van der Waals surface area contributed by atoms with Gasteiger partial charge in [-0.3, -0.25) is 4.79 Å². The maximum Gasteiger partial charge on any atom is 0.268 e. The van der Waals surface area contributed by atoms with Crippen LogP contribution in [0.1, 0.15) is 22.3 Å². The summed E-state index contributed by atoms with van der Waals surface area (Å²) in [5.74, 6) is -0.102. The van der Waals surface area contributed by atoms with E-state index in [4.69, 9.17) is 4.74 Å². The SMILES string of the molecule is COc1c(C(F)F)cnc(I)c1C=O. The number of alkyl halides is 2. The fraction of sp³-hybridized carbons (Fsp3) is 0.250. The van der Waals surface area contributed by atoms with E-state index in [-0.39, 0.29) is 16.9 Å². The summed E-state index contributed by atoms with van der Waals surface area (Å²) >= 11 is 1.78. The third-order valence-corrected chi connectivity index (χ3v) is 2.46. The Morgan fingerprint density at radius 1 is 1.64 bits per heavy atom. The molecule has 0 atom stereocenters. The Hall–Kier alpha value is -0.790. The number of aromatic nitrogens is 1. The Kier molecular flexibility index (Phi) is 3.73. The van der Waals surface area contributed by atoms with Gasteiger partial charge in [0.05, 0.1) is 18.2 Å². The van der Waals surface area contributed by atoms with Gasteiger partial charge in [-0.25, -0.2) is 13.8 Å². The molecular formula is C8H6F2INO2. The van der Waals surface area contributed by atoms with E-state index in [9.17, 15) is 13.6 Å². The summed E-state index contributed by atoms with van der Waals surface area (Å²) in [5, 5.41) is 0. The van der Waals surface area contributed by atoms with Crippen LogP contribution in [-0.4, -0.2) is 18.4 Å². The van der Waals surface area contributed by atoms with Crippen molar-refractivity contribution in [2.24, 2.45) is 0 Å². The van der Waals surface area contributed by atoms with Gasteiger partial charge in [0.15, 0.2) is 6.29 Å². The average Bonchev–Trinajstić information content (AvgIpc) is 2.16. The average molecular weight is 313 g/mol. The minimum atomic E-state index is -2.70. The second-order valence-corrected chi connectivity index (χ2v) is 3.39. The highest BCUT2D eigenvalue weighted by Gasteiger charge is 2.19. The van der Waals surface area contributed by atoms with Crippen molar-refractivity contribution in [1.29, 1.82) is 0 Å². The summed E-state index contributed by atoms with van der Waals surface area (Å²) in [6.45, 7) is 0. The van der Waals surface area contributed by atoms with Crippen LogP contribution in [-0.2, 0) is 0 Å². The summed E-state index contributed by atoms with van der Waals surface area (Å²) in [6.07, 6.45) is -1.23. The van der Waals surface area contributed by atoms with Gasteiger partial charge in [0.25, 0.3) is 6.43 Å². The van der Waals surface area contributed by atoms with Crippen molar-refractivity contribution >= 4 is 28.9 Å². The van der Waals surface area contributed by atoms with Gasteiger partial charge in [-0.15, -0.1) is 0 Å². The van der Waals surface area contributed by atoms with E-state index in [0.717, 1.165) is 6.20 Å². The van der Waals surface area contributed by atoms with Crippen molar-refractivity contribution in [3.63, 3.8) is 0 Å². The van der Waals surface area contributed by atoms with E-state index >= 15 is 0 Å². The van der Waals surface area contributed by atoms with Crippen LogP contribution in [0.25, 0.3) is 0 Å². The Bertz CT molecular complexity index is 357. The Balaban J connectivity index is 3.40. The zero-order chi connectivity index (χ0) is 10.7. The molecule has 76 valence electrons. The van der Waals surface area contributed by atoms with Crippen LogP contribution in [0.3, 0.4) is 0 Å². The lowest BCUT2D eigenvalue weighted by Gasteiger charge is -2.09. The summed E-state index contributed by atoms with van der Waals surface area (Å²) < 4.78 is 29.9. The van der Waals surface area contributed by atoms with Crippen LogP contribution >= 0.6 is 22.6 Å². The number of carbonyl (C=O) groups is 1. The Labute approximate surface area is 92.6 Å². The lowest BCUT2D eigenvalue weighted by molar-refractivity contribution is 0.111. The minimum Gasteiger partial charge on any atom is -0.495 e. The van der Waals surface area contributed by atoms with Gasteiger partial charge < -0.3 is 4.74 Å². The number of nitrogens with zero attached hydrogens (tertiary/aromatic N) is 1. The summed E-state index contributed by atoms with van der Waals surface area (Å²) in [6, 6.07) is 0. The number of aldehydes is 1. The second-order valence-electron chi connectivity index (χ2n) is 2.37. The molecule has 1 aromatic heterocycles. The number of hydrogen-bond acceptors (Lipinski definition) is 3. The molecule has 0 aliphatic rings. The highest BCUT2D eigenvalue weighted by Crippen LogP contribution is 2.32. The van der Waals surface area contributed by atoms with Crippen LogP contribution in [0.5, 0.6) is 5.75 Å². The number of ether oxygens (including phenoxy) is 1. The topological polar surface area (TPSA) is 39.2 Å². The highest BCUT2D eigenvalue weighted by atomic mass is 127. The van der Waals surface area contributed by atoms with Gasteiger partial charge in [-0.1, -0.05) is 0 Å². The van der Waals surface area contributed by atoms with Crippen LogP contribution in [0.15, 0.2) is 6.20 Å². The molecule has 0 aromatic carbocycles. The molecule has 0 N–H and O–H groups in total. The zero-order valence-corrected chi connectivity index (χ0v) is 9.29. The molecule has 0 spiro atoms. The van der Waals surface area contributed by atoms with E-state index in [0.29, 0.717) is 9.99 Å². The first-order valence-electron chi connectivity index (χ1n) is 3.57. The molecule has 0 saturated heterocycles. The van der Waals surface area contributed by atoms with Gasteiger partial charge in [0, 0.05) is 6.20 Å². The maximum absolute atomic E-state index is 12.4. The first-order valence-corrected chi connectivity index (χ1v) is 4.65. The lowest BCUT2D eigenvalue weighted by Crippen LogP contribution is -2.01. The molecule has 0 radical (unpaired) electrons. The quantitative estimate of drug-likeness (QED) is 0.489. The predicted octanol–water partition coefficient (Wildman–Crippen LogP) is 2.44. The van der Waals surface area contributed by atoms with Crippen molar-refractivity contribution in [2.75, 3.05) is 7.11 Å². The summed E-state index contributed by atoms with van der Waals surface area (Å²) in [7, 11) is 1.24. The zero-order valence-electron chi connectivity index (χ0n) is 7.13. The van der Waals surface area contributed by atoms with Gasteiger partial charge in [0.2, 0.25) is 0 Å². The molecule has 0 aliphatic carbocycles. The third-order valence-electron chi connectivity index (χ3n) is 1.60. The third kappa shape index (κ3) is 1.99. The molecule has 1 rings (SSSR count). The fourth-order valence-electron chi connectivity index (χ4n) is 0.989. The van der Waals surface area contributed by atoms with Crippen LogP contribution < -0.4 is 4.74 Å². The summed E-state index contributed by atoms with van der Waals surface area (Å²) in [4.78, 5) is 14.3. The largest absolute Gasteiger partial charge is 0.495 e. The first kappa shape index (κ1) is 11.3. The van der Waals surface area contributed by atoms with Gasteiger partial charge in [0.1, 0.15) is 9.45 Å². The minimum absolute atomic E-state index is 0.0610. The maximum atomic E-state index is 12.4. The van der Waals surface area contributed by atoms with Gasteiger partial charge >= 0.3 is 0 Å². The van der Waals surface area contributed by atoms with Crippen LogP contribution in [0.2, 0.25) is 0 Å². The molecule has 0 saturated carbocycles. The molecule has 1 aromatic rings. The lowest BCUT2D eigenvalue weighted by atomic mass is 10.2. The molecule has 0 bridgehead atoms. The van der Waals surface area contributed by atoms with Crippen molar-refractivity contribution < 1.29 is 18.3 Å². The van der Waals surface area contributed by atoms with E-state index < -0.39 is 6.43 Å². The first-order chi connectivity index (χ1) is 6.61. The monoisotopic (exact) mass is 313 g/mol.